The second-order valence-electron chi connectivity index (χ2n) is 4.73. The average molecular weight is 286 g/mol. The van der Waals surface area contributed by atoms with E-state index in [0.717, 1.165) is 11.1 Å². The molecule has 4 heteroatoms. The van der Waals surface area contributed by atoms with Gasteiger partial charge in [0.15, 0.2) is 17.6 Å². The summed E-state index contributed by atoms with van der Waals surface area (Å²) in [6.45, 7) is 1.96. The molecule has 2 aromatic rings. The maximum atomic E-state index is 11.5. The Kier molecular flexibility index (Phi) is 4.82. The summed E-state index contributed by atoms with van der Waals surface area (Å²) in [5.74, 6) is -0.0429. The van der Waals surface area contributed by atoms with Crippen LogP contribution < -0.4 is 9.47 Å². The van der Waals surface area contributed by atoms with Crippen LogP contribution >= 0.6 is 0 Å². The number of hydrogen-bond donors (Lipinski definition) is 1. The lowest BCUT2D eigenvalue weighted by Crippen LogP contribution is -2.29. The number of carbonyl (C=O) groups is 1. The molecule has 21 heavy (non-hydrogen) atoms. The SMILES string of the molecule is COc1ccccc1O[C@@H](Cc1ccccc1C)C(=O)O. The van der Waals surface area contributed by atoms with Gasteiger partial charge in [-0.2, -0.15) is 0 Å². The van der Waals surface area contributed by atoms with Gasteiger partial charge in [-0.1, -0.05) is 36.4 Å². The fraction of sp³-hybridized carbons (Fsp3) is 0.235. The van der Waals surface area contributed by atoms with Crippen molar-refractivity contribution in [3.05, 3.63) is 59.7 Å². The molecular formula is C17H18O4. The number of aliphatic carboxylic acids is 1. The van der Waals surface area contributed by atoms with Gasteiger partial charge >= 0.3 is 5.97 Å². The molecule has 0 unspecified atom stereocenters. The zero-order valence-electron chi connectivity index (χ0n) is 12.1. The van der Waals surface area contributed by atoms with E-state index in [1.54, 1.807) is 18.2 Å². The molecule has 0 saturated carbocycles. The zero-order chi connectivity index (χ0) is 15.2. The van der Waals surface area contributed by atoms with Crippen LogP contribution in [-0.2, 0) is 11.2 Å². The second-order valence-corrected chi connectivity index (χ2v) is 4.73. The Bertz CT molecular complexity index is 622. The number of methoxy groups -OCH3 is 1. The van der Waals surface area contributed by atoms with Gasteiger partial charge in [-0.15, -0.1) is 0 Å². The minimum absolute atomic E-state index is 0.306. The third-order valence-electron chi connectivity index (χ3n) is 3.28. The molecule has 0 heterocycles. The lowest BCUT2D eigenvalue weighted by Gasteiger charge is -2.18. The number of rotatable bonds is 6. The highest BCUT2D eigenvalue weighted by Crippen LogP contribution is 2.27. The Balaban J connectivity index is 2.20. The zero-order valence-corrected chi connectivity index (χ0v) is 12.1. The fourth-order valence-electron chi connectivity index (χ4n) is 2.09. The van der Waals surface area contributed by atoms with Crippen molar-refractivity contribution in [3.63, 3.8) is 0 Å². The van der Waals surface area contributed by atoms with E-state index in [2.05, 4.69) is 0 Å². The maximum Gasteiger partial charge on any atom is 0.345 e. The van der Waals surface area contributed by atoms with Crippen LogP contribution in [0.5, 0.6) is 11.5 Å². The normalized spacial score (nSPS) is 11.7. The third-order valence-corrected chi connectivity index (χ3v) is 3.28. The van der Waals surface area contributed by atoms with Gasteiger partial charge in [-0.25, -0.2) is 4.79 Å². The van der Waals surface area contributed by atoms with E-state index in [0.29, 0.717) is 17.9 Å². The molecule has 110 valence electrons. The first-order valence-electron chi connectivity index (χ1n) is 6.69. The Morgan fingerprint density at radius 3 is 2.33 bits per heavy atom. The third kappa shape index (κ3) is 3.75. The summed E-state index contributed by atoms with van der Waals surface area (Å²) >= 11 is 0. The lowest BCUT2D eigenvalue weighted by atomic mass is 10.0. The molecule has 0 radical (unpaired) electrons. The highest BCUT2D eigenvalue weighted by atomic mass is 16.5. The summed E-state index contributed by atoms with van der Waals surface area (Å²) < 4.78 is 10.8. The smallest absolute Gasteiger partial charge is 0.345 e. The van der Waals surface area contributed by atoms with E-state index < -0.39 is 12.1 Å². The van der Waals surface area contributed by atoms with Crippen LogP contribution in [-0.4, -0.2) is 24.3 Å². The Morgan fingerprint density at radius 2 is 1.71 bits per heavy atom. The van der Waals surface area contributed by atoms with E-state index in [1.165, 1.54) is 7.11 Å². The molecule has 0 aliphatic rings. The summed E-state index contributed by atoms with van der Waals surface area (Å²) in [6, 6.07) is 14.7. The summed E-state index contributed by atoms with van der Waals surface area (Å²) in [4.78, 5) is 11.5. The van der Waals surface area contributed by atoms with Gasteiger partial charge in [-0.05, 0) is 30.2 Å². The largest absolute Gasteiger partial charge is 0.493 e. The fourth-order valence-corrected chi connectivity index (χ4v) is 2.09. The van der Waals surface area contributed by atoms with Crippen molar-refractivity contribution >= 4 is 5.97 Å². The minimum atomic E-state index is -0.996. The molecule has 0 spiro atoms. The number of aryl methyl sites for hydroxylation is 1. The number of para-hydroxylation sites is 2. The van der Waals surface area contributed by atoms with Crippen molar-refractivity contribution in [1.29, 1.82) is 0 Å². The van der Waals surface area contributed by atoms with Crippen molar-refractivity contribution in [2.45, 2.75) is 19.4 Å². The molecule has 0 aromatic heterocycles. The van der Waals surface area contributed by atoms with Gasteiger partial charge in [0.1, 0.15) is 0 Å². The molecule has 2 aromatic carbocycles. The molecule has 4 nitrogen and oxygen atoms in total. The van der Waals surface area contributed by atoms with Crippen molar-refractivity contribution in [2.75, 3.05) is 7.11 Å². The van der Waals surface area contributed by atoms with Crippen molar-refractivity contribution in [3.8, 4) is 11.5 Å². The van der Waals surface area contributed by atoms with Gasteiger partial charge in [0, 0.05) is 6.42 Å². The summed E-state index contributed by atoms with van der Waals surface area (Å²) in [7, 11) is 1.53. The van der Waals surface area contributed by atoms with Crippen LogP contribution in [0.25, 0.3) is 0 Å². The number of carboxylic acid groups (broad SMARTS) is 1. The van der Waals surface area contributed by atoms with E-state index >= 15 is 0 Å². The van der Waals surface area contributed by atoms with Gasteiger partial charge in [0.25, 0.3) is 0 Å². The van der Waals surface area contributed by atoms with Crippen LogP contribution in [0.3, 0.4) is 0 Å². The van der Waals surface area contributed by atoms with E-state index in [9.17, 15) is 9.90 Å². The highest BCUT2D eigenvalue weighted by molar-refractivity contribution is 5.73. The summed E-state index contributed by atoms with van der Waals surface area (Å²) in [6.07, 6.45) is -0.651. The lowest BCUT2D eigenvalue weighted by molar-refractivity contribution is -0.145. The molecule has 0 saturated heterocycles. The summed E-state index contributed by atoms with van der Waals surface area (Å²) in [5, 5.41) is 9.38. The second kappa shape index (κ2) is 6.79. The Hall–Kier alpha value is -2.49. The predicted molar refractivity (Wildman–Crippen MR) is 79.9 cm³/mol. The standard InChI is InChI=1S/C17H18O4/c1-12-7-3-4-8-13(12)11-16(17(18)19)21-15-10-6-5-9-14(15)20-2/h3-10,16H,11H2,1-2H3,(H,18,19)/t16-/m0/s1. The highest BCUT2D eigenvalue weighted by Gasteiger charge is 2.22. The predicted octanol–water partition coefficient (Wildman–Crippen LogP) is 3.08. The molecule has 2 rings (SSSR count). The van der Waals surface area contributed by atoms with Crippen LogP contribution in [0.2, 0.25) is 0 Å². The Morgan fingerprint density at radius 1 is 1.10 bits per heavy atom. The van der Waals surface area contributed by atoms with Crippen LogP contribution in [0.4, 0.5) is 0 Å². The van der Waals surface area contributed by atoms with Crippen LogP contribution in [0.1, 0.15) is 11.1 Å². The topological polar surface area (TPSA) is 55.8 Å². The number of ether oxygens (including phenoxy) is 2. The molecule has 0 bridgehead atoms. The number of benzene rings is 2. The molecule has 0 amide bonds. The molecule has 0 aliphatic carbocycles. The van der Waals surface area contributed by atoms with E-state index in [1.807, 2.05) is 37.3 Å². The van der Waals surface area contributed by atoms with Crippen molar-refractivity contribution < 1.29 is 19.4 Å². The summed E-state index contributed by atoms with van der Waals surface area (Å²) in [5.41, 5.74) is 2.01. The molecule has 0 aliphatic heterocycles. The van der Waals surface area contributed by atoms with Crippen molar-refractivity contribution in [1.82, 2.24) is 0 Å². The molecule has 0 fully saturated rings. The van der Waals surface area contributed by atoms with E-state index in [-0.39, 0.29) is 0 Å². The van der Waals surface area contributed by atoms with E-state index in [4.69, 9.17) is 9.47 Å². The van der Waals surface area contributed by atoms with Gasteiger partial charge < -0.3 is 14.6 Å². The first-order chi connectivity index (χ1) is 10.1. The minimum Gasteiger partial charge on any atom is -0.493 e. The quantitative estimate of drug-likeness (QED) is 0.886. The first kappa shape index (κ1) is 14.9. The molecule has 1 N–H and O–H groups in total. The maximum absolute atomic E-state index is 11.5. The van der Waals surface area contributed by atoms with Gasteiger partial charge in [0.2, 0.25) is 0 Å². The van der Waals surface area contributed by atoms with Crippen LogP contribution in [0.15, 0.2) is 48.5 Å². The van der Waals surface area contributed by atoms with Gasteiger partial charge in [-0.3, -0.25) is 0 Å². The number of hydrogen-bond acceptors (Lipinski definition) is 3. The monoisotopic (exact) mass is 286 g/mol. The first-order valence-corrected chi connectivity index (χ1v) is 6.69. The Labute approximate surface area is 123 Å². The number of carboxylic acids is 1. The molecule has 1 atom stereocenters. The molecular weight excluding hydrogens is 268 g/mol. The van der Waals surface area contributed by atoms with Crippen LogP contribution in [0, 0.1) is 6.92 Å². The average Bonchev–Trinajstić information content (AvgIpc) is 2.49. The van der Waals surface area contributed by atoms with Crippen molar-refractivity contribution in [2.24, 2.45) is 0 Å². The van der Waals surface area contributed by atoms with Gasteiger partial charge in [0.05, 0.1) is 7.11 Å².